The lowest BCUT2D eigenvalue weighted by Crippen LogP contribution is -1.90. The van der Waals surface area contributed by atoms with Crippen molar-refractivity contribution in [1.29, 1.82) is 0 Å². The first-order valence-corrected chi connectivity index (χ1v) is 5.95. The largest absolute Gasteiger partial charge is 0.483 e. The molecular formula is C12H16OS. The molecule has 14 heavy (non-hydrogen) atoms. The van der Waals surface area contributed by atoms with Crippen LogP contribution in [0, 0.1) is 0 Å². The second kappa shape index (κ2) is 6.55. The van der Waals surface area contributed by atoms with Gasteiger partial charge in [0, 0.05) is 5.56 Å². The Morgan fingerprint density at radius 2 is 2.07 bits per heavy atom. The maximum Gasteiger partial charge on any atom is 0.134 e. The average Bonchev–Trinajstić information content (AvgIpc) is 2.25. The zero-order chi connectivity index (χ0) is 10.2. The molecule has 0 N–H and O–H groups in total. The van der Waals surface area contributed by atoms with Crippen molar-refractivity contribution in [3.05, 3.63) is 42.5 Å². The van der Waals surface area contributed by atoms with Gasteiger partial charge in [-0.25, -0.2) is 0 Å². The molecule has 0 unspecified atom stereocenters. The van der Waals surface area contributed by atoms with Gasteiger partial charge in [-0.1, -0.05) is 43.8 Å². The Morgan fingerprint density at radius 3 is 2.71 bits per heavy atom. The molecule has 0 bridgehead atoms. The molecule has 0 aliphatic carbocycles. The molecule has 0 radical (unpaired) electrons. The number of hydrogen-bond donors (Lipinski definition) is 0. The third-order valence-corrected chi connectivity index (χ3v) is 2.74. The number of benzene rings is 1. The standard InChI is InChI=1S/C12H16OS/c1-3-9-14-10-13-11(2)12-7-5-4-6-8-12/h4-8H,2-3,9-10H2,1H3. The second-order valence-electron chi connectivity index (χ2n) is 2.96. The average molecular weight is 208 g/mol. The molecule has 2 heteroatoms. The van der Waals surface area contributed by atoms with Gasteiger partial charge in [0.05, 0.1) is 0 Å². The molecule has 0 spiro atoms. The molecule has 0 aromatic heterocycles. The topological polar surface area (TPSA) is 9.23 Å². The van der Waals surface area contributed by atoms with Crippen molar-refractivity contribution in [2.45, 2.75) is 13.3 Å². The van der Waals surface area contributed by atoms with Gasteiger partial charge in [-0.3, -0.25) is 0 Å². The molecule has 0 heterocycles. The van der Waals surface area contributed by atoms with E-state index in [1.54, 1.807) is 11.8 Å². The van der Waals surface area contributed by atoms with E-state index in [2.05, 4.69) is 13.5 Å². The molecule has 0 amide bonds. The SMILES string of the molecule is C=C(OCSCCC)c1ccccc1. The highest BCUT2D eigenvalue weighted by atomic mass is 32.2. The van der Waals surface area contributed by atoms with Crippen LogP contribution in [0.1, 0.15) is 18.9 Å². The van der Waals surface area contributed by atoms with Crippen LogP contribution in [0.25, 0.3) is 5.76 Å². The van der Waals surface area contributed by atoms with Crippen molar-refractivity contribution in [1.82, 2.24) is 0 Å². The first-order valence-electron chi connectivity index (χ1n) is 4.79. The van der Waals surface area contributed by atoms with E-state index in [4.69, 9.17) is 4.74 Å². The highest BCUT2D eigenvalue weighted by Gasteiger charge is 1.97. The summed E-state index contributed by atoms with van der Waals surface area (Å²) in [4.78, 5) is 0. The minimum Gasteiger partial charge on any atom is -0.483 e. The van der Waals surface area contributed by atoms with Crippen LogP contribution < -0.4 is 0 Å². The number of thioether (sulfide) groups is 1. The summed E-state index contributed by atoms with van der Waals surface area (Å²) < 4.78 is 5.50. The molecule has 0 aliphatic rings. The number of rotatable bonds is 6. The summed E-state index contributed by atoms with van der Waals surface area (Å²) in [5, 5.41) is 0. The summed E-state index contributed by atoms with van der Waals surface area (Å²) in [7, 11) is 0. The molecule has 0 atom stereocenters. The van der Waals surface area contributed by atoms with Crippen molar-refractivity contribution in [3.8, 4) is 0 Å². The van der Waals surface area contributed by atoms with Gasteiger partial charge < -0.3 is 4.74 Å². The molecule has 0 saturated heterocycles. The zero-order valence-corrected chi connectivity index (χ0v) is 9.35. The fourth-order valence-corrected chi connectivity index (χ4v) is 1.66. The number of ether oxygens (including phenoxy) is 1. The Balaban J connectivity index is 2.29. The van der Waals surface area contributed by atoms with Crippen LogP contribution >= 0.6 is 11.8 Å². The van der Waals surface area contributed by atoms with Gasteiger partial charge in [0.2, 0.25) is 0 Å². The summed E-state index contributed by atoms with van der Waals surface area (Å²) in [6.07, 6.45) is 1.19. The van der Waals surface area contributed by atoms with Gasteiger partial charge in [0.15, 0.2) is 0 Å². The molecule has 1 aromatic carbocycles. The quantitative estimate of drug-likeness (QED) is 0.400. The summed E-state index contributed by atoms with van der Waals surface area (Å²) >= 11 is 1.79. The summed E-state index contributed by atoms with van der Waals surface area (Å²) in [5.41, 5.74) is 1.06. The summed E-state index contributed by atoms with van der Waals surface area (Å²) in [5.74, 6) is 2.60. The van der Waals surface area contributed by atoms with Crippen LogP contribution in [0.2, 0.25) is 0 Å². The van der Waals surface area contributed by atoms with Crippen molar-refractivity contribution in [2.24, 2.45) is 0 Å². The van der Waals surface area contributed by atoms with Crippen LogP contribution in [0.3, 0.4) is 0 Å². The third-order valence-electron chi connectivity index (χ3n) is 1.76. The lowest BCUT2D eigenvalue weighted by atomic mass is 10.2. The fourth-order valence-electron chi connectivity index (χ4n) is 1.02. The van der Waals surface area contributed by atoms with Crippen molar-refractivity contribution in [2.75, 3.05) is 11.7 Å². The molecule has 1 rings (SSSR count). The van der Waals surface area contributed by atoms with Gasteiger partial charge in [0.25, 0.3) is 0 Å². The van der Waals surface area contributed by atoms with E-state index in [0.717, 1.165) is 17.1 Å². The summed E-state index contributed by atoms with van der Waals surface area (Å²) in [6.45, 7) is 6.05. The molecule has 0 aliphatic heterocycles. The highest BCUT2D eigenvalue weighted by molar-refractivity contribution is 7.99. The van der Waals surface area contributed by atoms with Gasteiger partial charge in [-0.05, 0) is 12.2 Å². The van der Waals surface area contributed by atoms with Gasteiger partial charge in [-0.15, -0.1) is 11.8 Å². The van der Waals surface area contributed by atoms with Crippen molar-refractivity contribution in [3.63, 3.8) is 0 Å². The van der Waals surface area contributed by atoms with E-state index in [-0.39, 0.29) is 0 Å². The molecule has 0 saturated carbocycles. The van der Waals surface area contributed by atoms with Crippen LogP contribution in [0.15, 0.2) is 36.9 Å². The van der Waals surface area contributed by atoms with Gasteiger partial charge >= 0.3 is 0 Å². The lowest BCUT2D eigenvalue weighted by molar-refractivity contribution is 0.350. The van der Waals surface area contributed by atoms with Crippen LogP contribution in [-0.4, -0.2) is 11.7 Å². The van der Waals surface area contributed by atoms with Crippen LogP contribution in [-0.2, 0) is 4.74 Å². The predicted octanol–water partition coefficient (Wildman–Crippen LogP) is 3.77. The maximum atomic E-state index is 5.50. The smallest absolute Gasteiger partial charge is 0.134 e. The Labute approximate surface area is 90.2 Å². The molecular weight excluding hydrogens is 192 g/mol. The Bertz CT molecular complexity index is 269. The zero-order valence-electron chi connectivity index (χ0n) is 8.53. The molecule has 0 fully saturated rings. The van der Waals surface area contributed by atoms with Crippen molar-refractivity contribution < 1.29 is 4.74 Å². The Kier molecular flexibility index (Phi) is 5.23. The van der Waals surface area contributed by atoms with E-state index < -0.39 is 0 Å². The van der Waals surface area contributed by atoms with E-state index in [1.165, 1.54) is 6.42 Å². The lowest BCUT2D eigenvalue weighted by Gasteiger charge is -2.08. The normalized spacial score (nSPS) is 9.79. The number of hydrogen-bond acceptors (Lipinski definition) is 2. The van der Waals surface area contributed by atoms with E-state index in [0.29, 0.717) is 5.94 Å². The predicted molar refractivity (Wildman–Crippen MR) is 64.2 cm³/mol. The minimum atomic E-state index is 0.696. The summed E-state index contributed by atoms with van der Waals surface area (Å²) in [6, 6.07) is 9.98. The molecule has 1 aromatic rings. The minimum absolute atomic E-state index is 0.696. The van der Waals surface area contributed by atoms with Crippen molar-refractivity contribution >= 4 is 17.5 Å². The second-order valence-corrected chi connectivity index (χ2v) is 4.01. The molecule has 1 nitrogen and oxygen atoms in total. The Morgan fingerprint density at radius 1 is 1.36 bits per heavy atom. The molecule has 76 valence electrons. The van der Waals surface area contributed by atoms with Gasteiger partial charge in [0.1, 0.15) is 11.7 Å². The highest BCUT2D eigenvalue weighted by Crippen LogP contribution is 2.15. The monoisotopic (exact) mass is 208 g/mol. The fraction of sp³-hybridized carbons (Fsp3) is 0.333. The third kappa shape index (κ3) is 3.88. The van der Waals surface area contributed by atoms with Crippen LogP contribution in [0.5, 0.6) is 0 Å². The van der Waals surface area contributed by atoms with Gasteiger partial charge in [-0.2, -0.15) is 0 Å². The van der Waals surface area contributed by atoms with Crippen LogP contribution in [0.4, 0.5) is 0 Å². The van der Waals surface area contributed by atoms with E-state index >= 15 is 0 Å². The maximum absolute atomic E-state index is 5.50. The first kappa shape index (κ1) is 11.2. The Hall–Kier alpha value is -0.890. The van der Waals surface area contributed by atoms with E-state index in [9.17, 15) is 0 Å². The first-order chi connectivity index (χ1) is 6.84. The van der Waals surface area contributed by atoms with E-state index in [1.807, 2.05) is 30.3 Å².